The van der Waals surface area contributed by atoms with E-state index in [1.165, 1.54) is 38.5 Å². The topological polar surface area (TPSA) is 46.5 Å². The first-order valence-electron chi connectivity index (χ1n) is 6.94. The molecule has 19 heavy (non-hydrogen) atoms. The van der Waals surface area contributed by atoms with Crippen LogP contribution in [0.1, 0.15) is 44.6 Å². The highest BCUT2D eigenvalue weighted by molar-refractivity contribution is 7.71. The normalized spacial score (nSPS) is 17.3. The number of hydrogen-bond acceptors (Lipinski definition) is 3. The summed E-state index contributed by atoms with van der Waals surface area (Å²) in [6, 6.07) is 6.35. The van der Waals surface area contributed by atoms with E-state index in [4.69, 9.17) is 12.2 Å². The average Bonchev–Trinajstić information content (AvgIpc) is 2.66. The summed E-state index contributed by atoms with van der Waals surface area (Å²) in [6.45, 7) is 0. The van der Waals surface area contributed by atoms with Crippen molar-refractivity contribution < 1.29 is 0 Å². The first kappa shape index (κ1) is 12.5. The van der Waals surface area contributed by atoms with Crippen LogP contribution in [0.3, 0.4) is 0 Å². The molecule has 4 nitrogen and oxygen atoms in total. The largest absolute Gasteiger partial charge is 0.296 e. The fraction of sp³-hybridized carbons (Fsp3) is 0.500. The molecule has 1 N–H and O–H groups in total. The minimum atomic E-state index is 0.464. The van der Waals surface area contributed by atoms with E-state index in [0.29, 0.717) is 10.8 Å². The Bertz CT molecular complexity index is 579. The van der Waals surface area contributed by atoms with E-state index in [2.05, 4.69) is 19.7 Å². The lowest BCUT2D eigenvalue weighted by molar-refractivity contribution is 0.442. The predicted octanol–water partition coefficient (Wildman–Crippen LogP) is 3.90. The Hall–Kier alpha value is -1.49. The molecule has 3 rings (SSSR count). The molecule has 100 valence electrons. The van der Waals surface area contributed by atoms with Gasteiger partial charge in [0.1, 0.15) is 5.69 Å². The van der Waals surface area contributed by atoms with Crippen LogP contribution in [-0.2, 0) is 0 Å². The van der Waals surface area contributed by atoms with Crippen molar-refractivity contribution in [2.45, 2.75) is 44.6 Å². The monoisotopic (exact) mass is 274 g/mol. The summed E-state index contributed by atoms with van der Waals surface area (Å²) < 4.78 is 2.88. The molecule has 2 aromatic rings. The van der Waals surface area contributed by atoms with Gasteiger partial charge in [-0.2, -0.15) is 5.10 Å². The molecule has 5 heteroatoms. The Morgan fingerprint density at radius 2 is 1.95 bits per heavy atom. The molecule has 0 aliphatic heterocycles. The van der Waals surface area contributed by atoms with E-state index in [1.54, 1.807) is 6.20 Å². The molecule has 0 unspecified atom stereocenters. The van der Waals surface area contributed by atoms with Gasteiger partial charge in [-0.1, -0.05) is 31.7 Å². The zero-order valence-corrected chi connectivity index (χ0v) is 11.7. The molecule has 0 amide bonds. The summed E-state index contributed by atoms with van der Waals surface area (Å²) in [7, 11) is 0. The lowest BCUT2D eigenvalue weighted by Crippen LogP contribution is -2.10. The van der Waals surface area contributed by atoms with Crippen LogP contribution in [-0.4, -0.2) is 19.7 Å². The highest BCUT2D eigenvalue weighted by Crippen LogP contribution is 2.30. The van der Waals surface area contributed by atoms with Crippen LogP contribution >= 0.6 is 12.2 Å². The zero-order chi connectivity index (χ0) is 13.1. The molecule has 2 heterocycles. The highest BCUT2D eigenvalue weighted by Gasteiger charge is 2.20. The van der Waals surface area contributed by atoms with Crippen LogP contribution in [0.25, 0.3) is 11.5 Å². The Balaban J connectivity index is 2.01. The van der Waals surface area contributed by atoms with Gasteiger partial charge in [0.15, 0.2) is 10.6 Å². The first-order valence-corrected chi connectivity index (χ1v) is 7.35. The quantitative estimate of drug-likeness (QED) is 0.667. The number of hydrogen-bond donors (Lipinski definition) is 1. The van der Waals surface area contributed by atoms with Crippen LogP contribution in [0.5, 0.6) is 0 Å². The SMILES string of the molecule is S=c1[nH]nc(-c2ccccn2)n1C1CCCCCC1. The summed E-state index contributed by atoms with van der Waals surface area (Å²) in [4.78, 5) is 4.39. The van der Waals surface area contributed by atoms with Crippen LogP contribution < -0.4 is 0 Å². The maximum Gasteiger partial charge on any atom is 0.195 e. The van der Waals surface area contributed by atoms with Gasteiger partial charge in [-0.3, -0.25) is 14.6 Å². The van der Waals surface area contributed by atoms with Crippen molar-refractivity contribution in [3.05, 3.63) is 29.2 Å². The second-order valence-corrected chi connectivity index (χ2v) is 5.47. The van der Waals surface area contributed by atoms with Gasteiger partial charge in [0, 0.05) is 12.2 Å². The number of aromatic amines is 1. The van der Waals surface area contributed by atoms with E-state index in [1.807, 2.05) is 18.2 Å². The maximum atomic E-state index is 5.42. The van der Waals surface area contributed by atoms with Crippen molar-refractivity contribution in [2.24, 2.45) is 0 Å². The average molecular weight is 274 g/mol. The number of nitrogens with one attached hydrogen (secondary N) is 1. The number of aromatic nitrogens is 4. The van der Waals surface area contributed by atoms with Gasteiger partial charge in [-0.05, 0) is 37.2 Å². The second kappa shape index (κ2) is 5.65. The third-order valence-electron chi connectivity index (χ3n) is 3.79. The Morgan fingerprint density at radius 3 is 2.63 bits per heavy atom. The summed E-state index contributed by atoms with van der Waals surface area (Å²) in [6.07, 6.45) is 9.39. The Kier molecular flexibility index (Phi) is 3.73. The summed E-state index contributed by atoms with van der Waals surface area (Å²) in [5, 5.41) is 7.30. The standard InChI is InChI=1S/C14H18N4S/c19-14-17-16-13(12-9-5-6-10-15-12)18(14)11-7-3-1-2-4-8-11/h5-6,9-11H,1-4,7-8H2,(H,17,19). The fourth-order valence-corrected chi connectivity index (χ4v) is 3.12. The maximum absolute atomic E-state index is 5.42. The molecule has 0 atom stereocenters. The molecule has 1 aliphatic rings. The first-order chi connectivity index (χ1) is 9.36. The van der Waals surface area contributed by atoms with Gasteiger partial charge in [0.25, 0.3) is 0 Å². The third-order valence-corrected chi connectivity index (χ3v) is 4.08. The second-order valence-electron chi connectivity index (χ2n) is 5.08. The van der Waals surface area contributed by atoms with Gasteiger partial charge in [-0.25, -0.2) is 0 Å². The van der Waals surface area contributed by atoms with E-state index in [9.17, 15) is 0 Å². The van der Waals surface area contributed by atoms with Gasteiger partial charge in [0.2, 0.25) is 0 Å². The van der Waals surface area contributed by atoms with Crippen LogP contribution in [0.2, 0.25) is 0 Å². The van der Waals surface area contributed by atoms with Crippen molar-refractivity contribution in [3.63, 3.8) is 0 Å². The number of H-pyrrole nitrogens is 1. The smallest absolute Gasteiger partial charge is 0.195 e. The van der Waals surface area contributed by atoms with Crippen molar-refractivity contribution >= 4 is 12.2 Å². The summed E-state index contributed by atoms with van der Waals surface area (Å²) >= 11 is 5.42. The minimum absolute atomic E-state index is 0.464. The van der Waals surface area contributed by atoms with Gasteiger partial charge in [-0.15, -0.1) is 0 Å². The molecule has 0 spiro atoms. The van der Waals surface area contributed by atoms with Crippen LogP contribution in [0, 0.1) is 4.77 Å². The number of nitrogens with zero attached hydrogens (tertiary/aromatic N) is 3. The van der Waals surface area contributed by atoms with Gasteiger partial charge in [0.05, 0.1) is 0 Å². The van der Waals surface area contributed by atoms with Crippen LogP contribution in [0.15, 0.2) is 24.4 Å². The molecule has 0 radical (unpaired) electrons. The number of rotatable bonds is 2. The van der Waals surface area contributed by atoms with E-state index in [-0.39, 0.29) is 0 Å². The number of pyridine rings is 1. The van der Waals surface area contributed by atoms with Crippen LogP contribution in [0.4, 0.5) is 0 Å². The summed E-state index contributed by atoms with van der Waals surface area (Å²) in [5.74, 6) is 0.873. The summed E-state index contributed by atoms with van der Waals surface area (Å²) in [5.41, 5.74) is 0.888. The molecule has 1 fully saturated rings. The lowest BCUT2D eigenvalue weighted by Gasteiger charge is -2.17. The van der Waals surface area contributed by atoms with Crippen molar-refractivity contribution in [1.29, 1.82) is 0 Å². The van der Waals surface area contributed by atoms with Crippen molar-refractivity contribution in [2.75, 3.05) is 0 Å². The molecule has 2 aromatic heterocycles. The molecule has 1 aliphatic carbocycles. The van der Waals surface area contributed by atoms with Gasteiger partial charge < -0.3 is 0 Å². The highest BCUT2D eigenvalue weighted by atomic mass is 32.1. The van der Waals surface area contributed by atoms with Crippen molar-refractivity contribution in [3.8, 4) is 11.5 Å². The van der Waals surface area contributed by atoms with E-state index < -0.39 is 0 Å². The van der Waals surface area contributed by atoms with E-state index >= 15 is 0 Å². The molecule has 1 saturated carbocycles. The Morgan fingerprint density at radius 1 is 1.16 bits per heavy atom. The molecular formula is C14H18N4S. The fourth-order valence-electron chi connectivity index (χ4n) is 2.84. The molecular weight excluding hydrogens is 256 g/mol. The van der Waals surface area contributed by atoms with Crippen molar-refractivity contribution in [1.82, 2.24) is 19.7 Å². The minimum Gasteiger partial charge on any atom is -0.296 e. The molecule has 0 saturated heterocycles. The predicted molar refractivity (Wildman–Crippen MR) is 77.4 cm³/mol. The lowest BCUT2D eigenvalue weighted by atomic mass is 10.1. The molecule has 0 aromatic carbocycles. The zero-order valence-electron chi connectivity index (χ0n) is 10.9. The molecule has 0 bridgehead atoms. The Labute approximate surface area is 117 Å². The van der Waals surface area contributed by atoms with Gasteiger partial charge >= 0.3 is 0 Å². The third kappa shape index (κ3) is 2.61. The van der Waals surface area contributed by atoms with E-state index in [0.717, 1.165) is 11.5 Å².